The Labute approximate surface area is 159 Å². The highest BCUT2D eigenvalue weighted by Crippen LogP contribution is 2.29. The molecule has 0 aliphatic rings. The van der Waals surface area contributed by atoms with Crippen LogP contribution < -0.4 is 5.32 Å². The van der Waals surface area contributed by atoms with Crippen molar-refractivity contribution in [3.8, 4) is 0 Å². The van der Waals surface area contributed by atoms with Gasteiger partial charge in [-0.3, -0.25) is 4.79 Å². The standard InChI is InChI=1S/C19H15ClN4OS/c1-24-11-10-21-19(24)26-13-8-6-12(7-9-13)22-18(25)17-16(20)14-4-2-3-5-15(14)23-17/h2-11,23H,1H3,(H,22,25). The van der Waals surface area contributed by atoms with Gasteiger partial charge in [-0.25, -0.2) is 4.98 Å². The molecule has 0 radical (unpaired) electrons. The minimum Gasteiger partial charge on any atom is -0.349 e. The van der Waals surface area contributed by atoms with Gasteiger partial charge in [-0.15, -0.1) is 0 Å². The molecular formula is C19H15ClN4OS. The summed E-state index contributed by atoms with van der Waals surface area (Å²) in [5.74, 6) is -0.268. The molecule has 0 saturated heterocycles. The largest absolute Gasteiger partial charge is 0.349 e. The molecular weight excluding hydrogens is 368 g/mol. The number of imidazole rings is 1. The van der Waals surface area contributed by atoms with Crippen LogP contribution in [0.4, 0.5) is 5.69 Å². The molecule has 0 spiro atoms. The van der Waals surface area contributed by atoms with Crippen LogP contribution in [0.1, 0.15) is 10.5 Å². The molecule has 2 heterocycles. The number of halogens is 1. The molecule has 0 bridgehead atoms. The summed E-state index contributed by atoms with van der Waals surface area (Å²) < 4.78 is 1.96. The van der Waals surface area contributed by atoms with Crippen LogP contribution >= 0.6 is 23.4 Å². The number of hydrogen-bond acceptors (Lipinski definition) is 3. The first-order valence-electron chi connectivity index (χ1n) is 7.94. The summed E-state index contributed by atoms with van der Waals surface area (Å²) >= 11 is 7.90. The number of para-hydroxylation sites is 1. The first kappa shape index (κ1) is 16.8. The van der Waals surface area contributed by atoms with Crippen molar-refractivity contribution < 1.29 is 4.79 Å². The number of nitrogens with zero attached hydrogens (tertiary/aromatic N) is 2. The van der Waals surface area contributed by atoms with Gasteiger partial charge in [-0.05, 0) is 30.3 Å². The molecule has 1 amide bonds. The van der Waals surface area contributed by atoms with Crippen LogP contribution in [0.25, 0.3) is 10.9 Å². The fourth-order valence-electron chi connectivity index (χ4n) is 2.62. The highest BCUT2D eigenvalue weighted by atomic mass is 35.5. The fourth-order valence-corrected chi connectivity index (χ4v) is 3.72. The van der Waals surface area contributed by atoms with Crippen molar-refractivity contribution in [2.75, 3.05) is 5.32 Å². The van der Waals surface area contributed by atoms with Crippen LogP contribution in [0.2, 0.25) is 5.02 Å². The zero-order valence-corrected chi connectivity index (χ0v) is 15.4. The van der Waals surface area contributed by atoms with Crippen LogP contribution in [-0.4, -0.2) is 20.4 Å². The summed E-state index contributed by atoms with van der Waals surface area (Å²) in [5.41, 5.74) is 1.90. The lowest BCUT2D eigenvalue weighted by molar-refractivity contribution is 0.102. The second kappa shape index (κ2) is 6.90. The lowest BCUT2D eigenvalue weighted by Gasteiger charge is -2.06. The Morgan fingerprint density at radius 1 is 1.19 bits per heavy atom. The van der Waals surface area contributed by atoms with E-state index in [0.717, 1.165) is 21.0 Å². The number of carbonyl (C=O) groups is 1. The molecule has 2 N–H and O–H groups in total. The van der Waals surface area contributed by atoms with Gasteiger partial charge in [0.2, 0.25) is 0 Å². The zero-order chi connectivity index (χ0) is 18.1. The first-order chi connectivity index (χ1) is 12.6. The number of fused-ring (bicyclic) bond motifs is 1. The molecule has 130 valence electrons. The molecule has 4 aromatic rings. The van der Waals surface area contributed by atoms with E-state index in [4.69, 9.17) is 11.6 Å². The molecule has 0 aliphatic heterocycles. The number of carbonyl (C=O) groups excluding carboxylic acids is 1. The minimum atomic E-state index is -0.268. The Morgan fingerprint density at radius 2 is 1.96 bits per heavy atom. The van der Waals surface area contributed by atoms with E-state index < -0.39 is 0 Å². The SMILES string of the molecule is Cn1ccnc1Sc1ccc(NC(=O)c2[nH]c3ccccc3c2Cl)cc1. The lowest BCUT2D eigenvalue weighted by Crippen LogP contribution is -2.12. The van der Waals surface area contributed by atoms with Crippen molar-refractivity contribution in [3.05, 3.63) is 71.6 Å². The molecule has 0 fully saturated rings. The third-order valence-corrected chi connectivity index (χ3v) is 5.44. The lowest BCUT2D eigenvalue weighted by atomic mass is 10.2. The average Bonchev–Trinajstić information content (AvgIpc) is 3.20. The summed E-state index contributed by atoms with van der Waals surface area (Å²) in [4.78, 5) is 20.9. The highest BCUT2D eigenvalue weighted by molar-refractivity contribution is 7.99. The molecule has 5 nitrogen and oxygen atoms in total. The summed E-state index contributed by atoms with van der Waals surface area (Å²) in [6, 6.07) is 15.2. The maximum atomic E-state index is 12.5. The fraction of sp³-hybridized carbons (Fsp3) is 0.0526. The Kier molecular flexibility index (Phi) is 4.44. The normalized spacial score (nSPS) is 11.0. The van der Waals surface area contributed by atoms with Crippen molar-refractivity contribution in [1.29, 1.82) is 0 Å². The van der Waals surface area contributed by atoms with E-state index in [1.165, 1.54) is 0 Å². The van der Waals surface area contributed by atoms with E-state index in [1.54, 1.807) is 18.0 Å². The van der Waals surface area contributed by atoms with Crippen molar-refractivity contribution in [2.24, 2.45) is 7.05 Å². The molecule has 2 aromatic carbocycles. The Hall–Kier alpha value is -2.70. The number of anilines is 1. The maximum Gasteiger partial charge on any atom is 0.273 e. The molecule has 0 aliphatic carbocycles. The van der Waals surface area contributed by atoms with Gasteiger partial charge in [0, 0.05) is 40.9 Å². The van der Waals surface area contributed by atoms with Crippen LogP contribution in [0.5, 0.6) is 0 Å². The van der Waals surface area contributed by atoms with Crippen molar-refractivity contribution in [1.82, 2.24) is 14.5 Å². The Bertz CT molecular complexity index is 1080. The number of aryl methyl sites for hydroxylation is 1. The minimum absolute atomic E-state index is 0.268. The number of amides is 1. The van der Waals surface area contributed by atoms with Crippen molar-refractivity contribution >= 4 is 45.9 Å². The topological polar surface area (TPSA) is 62.7 Å². The number of nitrogens with one attached hydrogen (secondary N) is 2. The predicted molar refractivity (Wildman–Crippen MR) is 105 cm³/mol. The van der Waals surface area contributed by atoms with E-state index >= 15 is 0 Å². The summed E-state index contributed by atoms with van der Waals surface area (Å²) in [7, 11) is 1.95. The van der Waals surface area contributed by atoms with E-state index in [0.29, 0.717) is 16.4 Å². The zero-order valence-electron chi connectivity index (χ0n) is 13.9. The summed E-state index contributed by atoms with van der Waals surface area (Å²) in [6.45, 7) is 0. The van der Waals surface area contributed by atoms with Crippen LogP contribution in [0, 0.1) is 0 Å². The van der Waals surface area contributed by atoms with E-state index in [1.807, 2.05) is 66.3 Å². The monoisotopic (exact) mass is 382 g/mol. The number of H-pyrrole nitrogens is 1. The van der Waals surface area contributed by atoms with Gasteiger partial charge >= 0.3 is 0 Å². The quantitative estimate of drug-likeness (QED) is 0.524. The Morgan fingerprint density at radius 3 is 2.65 bits per heavy atom. The van der Waals surface area contributed by atoms with Gasteiger partial charge in [0.15, 0.2) is 5.16 Å². The number of rotatable bonds is 4. The second-order valence-corrected chi connectivity index (χ2v) is 7.18. The summed E-state index contributed by atoms with van der Waals surface area (Å²) in [6.07, 6.45) is 3.67. The van der Waals surface area contributed by atoms with Gasteiger partial charge in [0.25, 0.3) is 5.91 Å². The van der Waals surface area contributed by atoms with Crippen molar-refractivity contribution in [3.63, 3.8) is 0 Å². The first-order valence-corrected chi connectivity index (χ1v) is 9.14. The van der Waals surface area contributed by atoms with Gasteiger partial charge in [0.1, 0.15) is 5.69 Å². The molecule has 0 saturated carbocycles. The molecule has 0 unspecified atom stereocenters. The van der Waals surface area contributed by atoms with Gasteiger partial charge in [0.05, 0.1) is 5.02 Å². The number of aromatic nitrogens is 3. The maximum absolute atomic E-state index is 12.5. The number of aromatic amines is 1. The van der Waals surface area contributed by atoms with Crippen LogP contribution in [0.15, 0.2) is 71.0 Å². The Balaban J connectivity index is 1.50. The van der Waals surface area contributed by atoms with Crippen LogP contribution in [0.3, 0.4) is 0 Å². The average molecular weight is 383 g/mol. The third kappa shape index (κ3) is 3.21. The van der Waals surface area contributed by atoms with E-state index in [9.17, 15) is 4.79 Å². The molecule has 0 atom stereocenters. The predicted octanol–water partition coefficient (Wildman–Crippen LogP) is 4.96. The number of hydrogen-bond donors (Lipinski definition) is 2. The molecule has 4 rings (SSSR count). The molecule has 2 aromatic heterocycles. The van der Waals surface area contributed by atoms with Crippen molar-refractivity contribution in [2.45, 2.75) is 10.1 Å². The van der Waals surface area contributed by atoms with E-state index in [2.05, 4.69) is 15.3 Å². The van der Waals surface area contributed by atoms with Gasteiger partial charge < -0.3 is 14.9 Å². The van der Waals surface area contributed by atoms with Gasteiger partial charge in [-0.1, -0.05) is 41.6 Å². The highest BCUT2D eigenvalue weighted by Gasteiger charge is 2.16. The molecule has 26 heavy (non-hydrogen) atoms. The molecule has 7 heteroatoms. The number of benzene rings is 2. The van der Waals surface area contributed by atoms with Gasteiger partial charge in [-0.2, -0.15) is 0 Å². The second-order valence-electron chi connectivity index (χ2n) is 5.76. The third-order valence-electron chi connectivity index (χ3n) is 3.97. The smallest absolute Gasteiger partial charge is 0.273 e. The van der Waals surface area contributed by atoms with Crippen LogP contribution in [-0.2, 0) is 7.05 Å². The summed E-state index contributed by atoms with van der Waals surface area (Å²) in [5, 5.41) is 5.05. The van der Waals surface area contributed by atoms with E-state index in [-0.39, 0.29) is 5.91 Å².